The monoisotopic (exact) mass is 248 g/mol. The standard InChI is InChI=1S/C15H20O3/c1-11(15(16)17-2)8-13-4-3-5-14(9-13)18-10-12-6-7-12/h3-5,9,11-12H,6-8,10H2,1-2H3. The molecule has 0 N–H and O–H groups in total. The second-order valence-electron chi connectivity index (χ2n) is 5.03. The highest BCUT2D eigenvalue weighted by molar-refractivity contribution is 5.72. The highest BCUT2D eigenvalue weighted by atomic mass is 16.5. The van der Waals surface area contributed by atoms with Crippen LogP contribution < -0.4 is 4.74 Å². The minimum absolute atomic E-state index is 0.117. The number of hydrogen-bond donors (Lipinski definition) is 0. The van der Waals surface area contributed by atoms with E-state index in [4.69, 9.17) is 9.47 Å². The molecule has 0 heterocycles. The third-order valence-corrected chi connectivity index (χ3v) is 3.23. The molecule has 0 amide bonds. The molecule has 1 fully saturated rings. The largest absolute Gasteiger partial charge is 0.493 e. The molecule has 1 atom stereocenters. The Hall–Kier alpha value is -1.51. The van der Waals surface area contributed by atoms with E-state index in [0.29, 0.717) is 6.42 Å². The van der Waals surface area contributed by atoms with Gasteiger partial charge in [0.15, 0.2) is 0 Å². The van der Waals surface area contributed by atoms with Crippen molar-refractivity contribution >= 4 is 5.97 Å². The zero-order valence-electron chi connectivity index (χ0n) is 11.0. The van der Waals surface area contributed by atoms with Gasteiger partial charge >= 0.3 is 5.97 Å². The Morgan fingerprint density at radius 2 is 2.22 bits per heavy atom. The van der Waals surface area contributed by atoms with Gasteiger partial charge in [0, 0.05) is 0 Å². The van der Waals surface area contributed by atoms with Gasteiger partial charge in [-0.05, 0) is 42.9 Å². The summed E-state index contributed by atoms with van der Waals surface area (Å²) in [5.74, 6) is 1.37. The van der Waals surface area contributed by atoms with Gasteiger partial charge in [0.2, 0.25) is 0 Å². The Kier molecular flexibility index (Phi) is 4.24. The van der Waals surface area contributed by atoms with Gasteiger partial charge in [-0.1, -0.05) is 19.1 Å². The van der Waals surface area contributed by atoms with Crippen LogP contribution in [0.2, 0.25) is 0 Å². The lowest BCUT2D eigenvalue weighted by molar-refractivity contribution is -0.144. The normalized spacial score (nSPS) is 16.1. The average molecular weight is 248 g/mol. The first-order valence-electron chi connectivity index (χ1n) is 6.48. The Labute approximate surface area is 108 Å². The zero-order valence-corrected chi connectivity index (χ0v) is 11.0. The summed E-state index contributed by atoms with van der Waals surface area (Å²) in [7, 11) is 1.42. The number of methoxy groups -OCH3 is 1. The Balaban J connectivity index is 1.91. The number of hydrogen-bond acceptors (Lipinski definition) is 3. The van der Waals surface area contributed by atoms with E-state index in [1.54, 1.807) is 0 Å². The summed E-state index contributed by atoms with van der Waals surface area (Å²) in [5.41, 5.74) is 1.11. The van der Waals surface area contributed by atoms with E-state index in [9.17, 15) is 4.79 Å². The molecule has 1 aromatic carbocycles. The molecule has 2 rings (SSSR count). The molecule has 0 aromatic heterocycles. The maximum Gasteiger partial charge on any atom is 0.308 e. The smallest absolute Gasteiger partial charge is 0.308 e. The SMILES string of the molecule is COC(=O)C(C)Cc1cccc(OCC2CC2)c1. The van der Waals surface area contributed by atoms with E-state index < -0.39 is 0 Å². The van der Waals surface area contributed by atoms with Crippen molar-refractivity contribution in [3.8, 4) is 5.75 Å². The summed E-state index contributed by atoms with van der Waals surface area (Å²) < 4.78 is 10.5. The molecule has 0 bridgehead atoms. The van der Waals surface area contributed by atoms with Crippen LogP contribution in [-0.4, -0.2) is 19.7 Å². The van der Waals surface area contributed by atoms with Crippen LogP contribution >= 0.6 is 0 Å². The zero-order chi connectivity index (χ0) is 13.0. The Morgan fingerprint density at radius 1 is 1.44 bits per heavy atom. The molecule has 1 aliphatic rings. The number of carbonyl (C=O) groups excluding carboxylic acids is 1. The van der Waals surface area contributed by atoms with Crippen LogP contribution in [0.1, 0.15) is 25.3 Å². The lowest BCUT2D eigenvalue weighted by atomic mass is 10.0. The van der Waals surface area contributed by atoms with Crippen LogP contribution in [0.25, 0.3) is 0 Å². The lowest BCUT2D eigenvalue weighted by Gasteiger charge is -2.11. The van der Waals surface area contributed by atoms with Crippen molar-refractivity contribution in [2.24, 2.45) is 11.8 Å². The molecule has 98 valence electrons. The molecular weight excluding hydrogens is 228 g/mol. The topological polar surface area (TPSA) is 35.5 Å². The maximum absolute atomic E-state index is 11.4. The van der Waals surface area contributed by atoms with E-state index in [2.05, 4.69) is 0 Å². The minimum Gasteiger partial charge on any atom is -0.493 e. The first kappa shape index (κ1) is 12.9. The molecule has 0 radical (unpaired) electrons. The van der Waals surface area contributed by atoms with Gasteiger partial charge < -0.3 is 9.47 Å². The molecule has 3 heteroatoms. The van der Waals surface area contributed by atoms with Gasteiger partial charge in [-0.2, -0.15) is 0 Å². The van der Waals surface area contributed by atoms with E-state index in [1.165, 1.54) is 20.0 Å². The van der Waals surface area contributed by atoms with Crippen LogP contribution in [0.5, 0.6) is 5.75 Å². The molecule has 18 heavy (non-hydrogen) atoms. The average Bonchev–Trinajstić information content (AvgIpc) is 3.20. The predicted molar refractivity (Wildman–Crippen MR) is 69.5 cm³/mol. The summed E-state index contributed by atoms with van der Waals surface area (Å²) in [6.45, 7) is 2.69. The number of carbonyl (C=O) groups is 1. The van der Waals surface area contributed by atoms with Crippen LogP contribution in [0, 0.1) is 11.8 Å². The van der Waals surface area contributed by atoms with Crippen molar-refractivity contribution in [3.05, 3.63) is 29.8 Å². The molecule has 1 aromatic rings. The molecule has 0 spiro atoms. The first-order chi connectivity index (χ1) is 8.69. The molecule has 0 saturated heterocycles. The molecule has 1 saturated carbocycles. The van der Waals surface area contributed by atoms with Crippen LogP contribution in [-0.2, 0) is 16.0 Å². The Morgan fingerprint density at radius 3 is 2.89 bits per heavy atom. The van der Waals surface area contributed by atoms with Crippen molar-refractivity contribution in [2.75, 3.05) is 13.7 Å². The highest BCUT2D eigenvalue weighted by Crippen LogP contribution is 2.29. The van der Waals surface area contributed by atoms with E-state index in [-0.39, 0.29) is 11.9 Å². The van der Waals surface area contributed by atoms with Crippen LogP contribution in [0.15, 0.2) is 24.3 Å². The molecule has 0 aliphatic heterocycles. The summed E-state index contributed by atoms with van der Waals surface area (Å²) in [6.07, 6.45) is 3.27. The summed E-state index contributed by atoms with van der Waals surface area (Å²) in [5, 5.41) is 0. The third-order valence-electron chi connectivity index (χ3n) is 3.23. The quantitative estimate of drug-likeness (QED) is 0.726. The second-order valence-corrected chi connectivity index (χ2v) is 5.03. The van der Waals surface area contributed by atoms with Crippen molar-refractivity contribution < 1.29 is 14.3 Å². The van der Waals surface area contributed by atoms with E-state index in [1.807, 2.05) is 31.2 Å². The lowest BCUT2D eigenvalue weighted by Crippen LogP contribution is -2.15. The van der Waals surface area contributed by atoms with Crippen LogP contribution in [0.3, 0.4) is 0 Å². The fraction of sp³-hybridized carbons (Fsp3) is 0.533. The summed E-state index contributed by atoms with van der Waals surface area (Å²) in [6, 6.07) is 7.97. The maximum atomic E-state index is 11.4. The molecule has 1 aliphatic carbocycles. The van der Waals surface area contributed by atoms with Gasteiger partial charge in [-0.15, -0.1) is 0 Å². The minimum atomic E-state index is -0.167. The second kappa shape index (κ2) is 5.89. The first-order valence-corrected chi connectivity index (χ1v) is 6.48. The number of benzene rings is 1. The van der Waals surface area contributed by atoms with Gasteiger partial charge in [0.1, 0.15) is 5.75 Å². The number of ether oxygens (including phenoxy) is 2. The Bertz CT molecular complexity index is 410. The molecular formula is C15H20O3. The number of esters is 1. The third kappa shape index (κ3) is 3.76. The molecule has 1 unspecified atom stereocenters. The highest BCUT2D eigenvalue weighted by Gasteiger charge is 2.22. The van der Waals surface area contributed by atoms with Gasteiger partial charge in [-0.3, -0.25) is 4.79 Å². The fourth-order valence-electron chi connectivity index (χ4n) is 1.90. The van der Waals surface area contributed by atoms with Crippen molar-refractivity contribution in [2.45, 2.75) is 26.2 Å². The molecule has 3 nitrogen and oxygen atoms in total. The van der Waals surface area contributed by atoms with Gasteiger partial charge in [0.25, 0.3) is 0 Å². The van der Waals surface area contributed by atoms with Crippen LogP contribution in [0.4, 0.5) is 0 Å². The van der Waals surface area contributed by atoms with Gasteiger partial charge in [0.05, 0.1) is 19.6 Å². The fourth-order valence-corrected chi connectivity index (χ4v) is 1.90. The van der Waals surface area contributed by atoms with Gasteiger partial charge in [-0.25, -0.2) is 0 Å². The van der Waals surface area contributed by atoms with Crippen molar-refractivity contribution in [3.63, 3.8) is 0 Å². The summed E-state index contributed by atoms with van der Waals surface area (Å²) >= 11 is 0. The summed E-state index contributed by atoms with van der Waals surface area (Å²) in [4.78, 5) is 11.4. The van der Waals surface area contributed by atoms with E-state index >= 15 is 0 Å². The van der Waals surface area contributed by atoms with Crippen molar-refractivity contribution in [1.29, 1.82) is 0 Å². The number of rotatable bonds is 6. The van der Waals surface area contributed by atoms with Crippen molar-refractivity contribution in [1.82, 2.24) is 0 Å². The predicted octanol–water partition coefficient (Wildman–Crippen LogP) is 2.83. The van der Waals surface area contributed by atoms with E-state index in [0.717, 1.165) is 23.8 Å².